The fraction of sp³-hybridized carbons (Fsp3) is 0.417. The van der Waals surface area contributed by atoms with E-state index in [1.807, 2.05) is 18.2 Å². The van der Waals surface area contributed by atoms with Gasteiger partial charge in [-0.05, 0) is 30.0 Å². The van der Waals surface area contributed by atoms with Gasteiger partial charge >= 0.3 is 5.69 Å². The number of imidazole rings is 1. The zero-order valence-electron chi connectivity index (χ0n) is 9.08. The van der Waals surface area contributed by atoms with E-state index in [0.29, 0.717) is 5.92 Å². The molecule has 1 aliphatic carbocycles. The van der Waals surface area contributed by atoms with E-state index in [-0.39, 0.29) is 17.7 Å². The number of benzene rings is 1. The first-order chi connectivity index (χ1) is 7.65. The van der Waals surface area contributed by atoms with Gasteiger partial charge in [-0.25, -0.2) is 4.79 Å². The molecule has 1 aliphatic rings. The lowest BCUT2D eigenvalue weighted by Crippen LogP contribution is -2.14. The predicted molar refractivity (Wildman–Crippen MR) is 61.5 cm³/mol. The number of rotatable bonds is 2. The van der Waals surface area contributed by atoms with Gasteiger partial charge in [0.05, 0.1) is 17.6 Å². The second-order valence-electron chi connectivity index (χ2n) is 4.76. The Labute approximate surface area is 92.3 Å². The summed E-state index contributed by atoms with van der Waals surface area (Å²) in [5, 5.41) is 9.48. The summed E-state index contributed by atoms with van der Waals surface area (Å²) in [5.74, 6) is 0.514. The molecular weight excluding hydrogens is 204 g/mol. The Hall–Kier alpha value is -1.55. The lowest BCUT2D eigenvalue weighted by molar-refractivity contribution is 0.247. The first-order valence-corrected chi connectivity index (χ1v) is 5.49. The standard InChI is InChI=1S/C12H14N2O2/c1-7-5-12(7,6-15)8-2-3-9-10(4-8)14-11(16)13-9/h2-4,7,15H,5-6H2,1H3,(H2,13,14,16). The van der Waals surface area contributed by atoms with Crippen LogP contribution in [-0.4, -0.2) is 21.7 Å². The average Bonchev–Trinajstić information content (AvgIpc) is 2.79. The molecule has 16 heavy (non-hydrogen) atoms. The first kappa shape index (κ1) is 9.66. The monoisotopic (exact) mass is 218 g/mol. The molecule has 1 aromatic heterocycles. The third-order valence-electron chi connectivity index (χ3n) is 3.83. The SMILES string of the molecule is CC1CC1(CO)c1ccc2[nH]c(=O)[nH]c2c1. The van der Waals surface area contributed by atoms with Crippen LogP contribution >= 0.6 is 0 Å². The van der Waals surface area contributed by atoms with Gasteiger partial charge in [-0.15, -0.1) is 0 Å². The van der Waals surface area contributed by atoms with Gasteiger partial charge in [-0.1, -0.05) is 13.0 Å². The van der Waals surface area contributed by atoms with Crippen LogP contribution in [0.2, 0.25) is 0 Å². The van der Waals surface area contributed by atoms with Crippen LogP contribution in [0, 0.1) is 5.92 Å². The Kier molecular flexibility index (Phi) is 1.80. The van der Waals surface area contributed by atoms with Crippen molar-refractivity contribution in [1.29, 1.82) is 0 Å². The summed E-state index contributed by atoms with van der Waals surface area (Å²) in [7, 11) is 0. The Morgan fingerprint density at radius 1 is 1.44 bits per heavy atom. The van der Waals surface area contributed by atoms with Crippen molar-refractivity contribution in [3.8, 4) is 0 Å². The van der Waals surface area contributed by atoms with Crippen molar-refractivity contribution >= 4 is 11.0 Å². The minimum absolute atomic E-state index is 0.0810. The quantitative estimate of drug-likeness (QED) is 0.707. The van der Waals surface area contributed by atoms with Gasteiger partial charge in [0.15, 0.2) is 0 Å². The molecule has 0 amide bonds. The molecule has 1 heterocycles. The van der Waals surface area contributed by atoms with Gasteiger partial charge in [0.2, 0.25) is 0 Å². The van der Waals surface area contributed by atoms with Gasteiger partial charge in [0.1, 0.15) is 0 Å². The molecule has 0 spiro atoms. The molecule has 2 unspecified atom stereocenters. The van der Waals surface area contributed by atoms with E-state index in [1.54, 1.807) is 0 Å². The summed E-state index contributed by atoms with van der Waals surface area (Å²) in [6.07, 6.45) is 1.02. The summed E-state index contributed by atoms with van der Waals surface area (Å²) in [6, 6.07) is 5.85. The van der Waals surface area contributed by atoms with Crippen LogP contribution in [0.15, 0.2) is 23.0 Å². The van der Waals surface area contributed by atoms with Gasteiger partial charge in [0, 0.05) is 5.41 Å². The first-order valence-electron chi connectivity index (χ1n) is 5.49. The molecular formula is C12H14N2O2. The van der Waals surface area contributed by atoms with Crippen LogP contribution in [0.25, 0.3) is 11.0 Å². The molecule has 1 saturated carbocycles. The second-order valence-corrected chi connectivity index (χ2v) is 4.76. The number of fused-ring (bicyclic) bond motifs is 1. The molecule has 2 atom stereocenters. The number of H-pyrrole nitrogens is 2. The normalized spacial score (nSPS) is 28.5. The lowest BCUT2D eigenvalue weighted by atomic mass is 9.94. The van der Waals surface area contributed by atoms with Crippen molar-refractivity contribution in [1.82, 2.24) is 9.97 Å². The van der Waals surface area contributed by atoms with Crippen LogP contribution in [0.4, 0.5) is 0 Å². The minimum Gasteiger partial charge on any atom is -0.395 e. The lowest BCUT2D eigenvalue weighted by Gasteiger charge is -2.13. The van der Waals surface area contributed by atoms with Gasteiger partial charge in [-0.3, -0.25) is 0 Å². The molecule has 1 aromatic carbocycles. The van der Waals surface area contributed by atoms with E-state index >= 15 is 0 Å². The van der Waals surface area contributed by atoms with Crippen molar-refractivity contribution in [2.24, 2.45) is 5.92 Å². The molecule has 0 bridgehead atoms. The summed E-state index contributed by atoms with van der Waals surface area (Å²) in [5.41, 5.74) is 2.48. The minimum atomic E-state index is -0.186. The van der Waals surface area contributed by atoms with Crippen molar-refractivity contribution in [3.63, 3.8) is 0 Å². The number of hydrogen-bond donors (Lipinski definition) is 3. The molecule has 4 heteroatoms. The molecule has 2 aromatic rings. The van der Waals surface area contributed by atoms with Crippen molar-refractivity contribution < 1.29 is 5.11 Å². The van der Waals surface area contributed by atoms with E-state index in [4.69, 9.17) is 0 Å². The number of aliphatic hydroxyl groups is 1. The predicted octanol–water partition coefficient (Wildman–Crippen LogP) is 1.13. The van der Waals surface area contributed by atoms with Crippen LogP contribution in [0.1, 0.15) is 18.9 Å². The highest BCUT2D eigenvalue weighted by molar-refractivity contribution is 5.75. The van der Waals surface area contributed by atoms with E-state index in [1.165, 1.54) is 0 Å². The third kappa shape index (κ3) is 1.16. The van der Waals surface area contributed by atoms with E-state index in [9.17, 15) is 9.90 Å². The number of aromatic nitrogens is 2. The molecule has 4 nitrogen and oxygen atoms in total. The number of aromatic amines is 2. The summed E-state index contributed by atoms with van der Waals surface area (Å²) in [6.45, 7) is 2.31. The molecule has 0 aliphatic heterocycles. The van der Waals surface area contributed by atoms with E-state index < -0.39 is 0 Å². The molecule has 3 rings (SSSR count). The number of hydrogen-bond acceptors (Lipinski definition) is 2. The second kappa shape index (κ2) is 2.98. The molecule has 1 fully saturated rings. The molecule has 3 N–H and O–H groups in total. The third-order valence-corrected chi connectivity index (χ3v) is 3.83. The van der Waals surface area contributed by atoms with Gasteiger partial charge in [0.25, 0.3) is 0 Å². The van der Waals surface area contributed by atoms with Crippen molar-refractivity contribution in [2.75, 3.05) is 6.61 Å². The molecule has 84 valence electrons. The maximum atomic E-state index is 11.1. The maximum Gasteiger partial charge on any atom is 0.323 e. The summed E-state index contributed by atoms with van der Waals surface area (Å²) < 4.78 is 0. The largest absolute Gasteiger partial charge is 0.395 e. The zero-order valence-corrected chi connectivity index (χ0v) is 9.08. The van der Waals surface area contributed by atoms with E-state index in [0.717, 1.165) is 23.0 Å². The van der Waals surface area contributed by atoms with Crippen molar-refractivity contribution in [3.05, 3.63) is 34.2 Å². The van der Waals surface area contributed by atoms with Crippen LogP contribution in [0.5, 0.6) is 0 Å². The molecule has 0 radical (unpaired) electrons. The smallest absolute Gasteiger partial charge is 0.323 e. The van der Waals surface area contributed by atoms with Crippen molar-refractivity contribution in [2.45, 2.75) is 18.8 Å². The topological polar surface area (TPSA) is 68.9 Å². The highest BCUT2D eigenvalue weighted by atomic mass is 16.3. The fourth-order valence-electron chi connectivity index (χ4n) is 2.54. The Morgan fingerprint density at radius 3 is 2.75 bits per heavy atom. The zero-order chi connectivity index (χ0) is 11.3. The average molecular weight is 218 g/mol. The summed E-state index contributed by atoms with van der Waals surface area (Å²) >= 11 is 0. The van der Waals surface area contributed by atoms with Crippen LogP contribution in [0.3, 0.4) is 0 Å². The highest BCUT2D eigenvalue weighted by Gasteiger charge is 2.51. The number of aliphatic hydroxyl groups excluding tert-OH is 1. The Bertz CT molecular complexity index is 594. The van der Waals surface area contributed by atoms with Gasteiger partial charge in [-0.2, -0.15) is 0 Å². The Morgan fingerprint density at radius 2 is 2.12 bits per heavy atom. The van der Waals surface area contributed by atoms with Crippen LogP contribution in [-0.2, 0) is 5.41 Å². The van der Waals surface area contributed by atoms with Crippen LogP contribution < -0.4 is 5.69 Å². The van der Waals surface area contributed by atoms with Gasteiger partial charge < -0.3 is 15.1 Å². The summed E-state index contributed by atoms with van der Waals surface area (Å²) in [4.78, 5) is 16.6. The fourth-order valence-corrected chi connectivity index (χ4v) is 2.54. The maximum absolute atomic E-state index is 11.1. The molecule has 0 saturated heterocycles. The number of nitrogens with one attached hydrogen (secondary N) is 2. The Balaban J connectivity index is 2.15. The highest BCUT2D eigenvalue weighted by Crippen LogP contribution is 2.53. The van der Waals surface area contributed by atoms with E-state index in [2.05, 4.69) is 16.9 Å².